The van der Waals surface area contributed by atoms with Crippen LogP contribution in [0.25, 0.3) is 22.2 Å². The van der Waals surface area contributed by atoms with Gasteiger partial charge in [0, 0.05) is 34.9 Å². The highest BCUT2D eigenvalue weighted by molar-refractivity contribution is 9.10. The maximum atomic E-state index is 4.51. The van der Waals surface area contributed by atoms with E-state index in [9.17, 15) is 0 Å². The number of pyridine rings is 1. The summed E-state index contributed by atoms with van der Waals surface area (Å²) in [5.41, 5.74) is 3.24. The van der Waals surface area contributed by atoms with Gasteiger partial charge in [-0.3, -0.25) is 9.67 Å². The van der Waals surface area contributed by atoms with E-state index in [1.54, 1.807) is 12.4 Å². The summed E-state index contributed by atoms with van der Waals surface area (Å²) in [4.78, 5) is 4.04. The fourth-order valence-corrected chi connectivity index (χ4v) is 2.38. The lowest BCUT2D eigenvalue weighted by molar-refractivity contribution is 0.788. The number of halogens is 1. The van der Waals surface area contributed by atoms with Crippen molar-refractivity contribution < 1.29 is 0 Å². The van der Waals surface area contributed by atoms with Crippen molar-refractivity contribution in [2.45, 2.75) is 0 Å². The van der Waals surface area contributed by atoms with Gasteiger partial charge in [0.2, 0.25) is 0 Å². The van der Waals surface area contributed by atoms with Gasteiger partial charge in [-0.15, -0.1) is 0 Å². The molecule has 3 rings (SSSR count). The summed E-state index contributed by atoms with van der Waals surface area (Å²) in [6.45, 7) is 0. The minimum atomic E-state index is 1.00. The van der Waals surface area contributed by atoms with Crippen LogP contribution in [0.1, 0.15) is 0 Å². The Kier molecular flexibility index (Phi) is 2.44. The molecule has 0 radical (unpaired) electrons. The van der Waals surface area contributed by atoms with E-state index in [0.717, 1.165) is 26.6 Å². The Hall–Kier alpha value is -1.68. The highest BCUT2D eigenvalue weighted by atomic mass is 79.9. The molecule has 17 heavy (non-hydrogen) atoms. The molecule has 4 heteroatoms. The SMILES string of the molecule is Cn1nc2ccc(Br)cc2c1-c1ccncc1. The topological polar surface area (TPSA) is 30.7 Å². The monoisotopic (exact) mass is 287 g/mol. The van der Waals surface area contributed by atoms with Crippen LogP contribution in [0.2, 0.25) is 0 Å². The maximum Gasteiger partial charge on any atom is 0.0930 e. The van der Waals surface area contributed by atoms with Gasteiger partial charge in [-0.1, -0.05) is 15.9 Å². The van der Waals surface area contributed by atoms with Crippen molar-refractivity contribution in [1.29, 1.82) is 0 Å². The van der Waals surface area contributed by atoms with Crippen molar-refractivity contribution in [3.05, 3.63) is 47.2 Å². The Morgan fingerprint density at radius 2 is 1.88 bits per heavy atom. The number of benzene rings is 1. The van der Waals surface area contributed by atoms with Gasteiger partial charge in [-0.25, -0.2) is 0 Å². The van der Waals surface area contributed by atoms with E-state index < -0.39 is 0 Å². The lowest BCUT2D eigenvalue weighted by Crippen LogP contribution is -1.93. The predicted molar refractivity (Wildman–Crippen MR) is 71.6 cm³/mol. The van der Waals surface area contributed by atoms with Crippen LogP contribution in [0.15, 0.2) is 47.2 Å². The molecule has 3 nitrogen and oxygen atoms in total. The molecule has 0 bridgehead atoms. The van der Waals surface area contributed by atoms with E-state index >= 15 is 0 Å². The zero-order valence-corrected chi connectivity index (χ0v) is 10.8. The first-order valence-corrected chi connectivity index (χ1v) is 6.07. The van der Waals surface area contributed by atoms with Crippen LogP contribution >= 0.6 is 15.9 Å². The molecule has 0 aliphatic carbocycles. The summed E-state index contributed by atoms with van der Waals surface area (Å²) in [6.07, 6.45) is 3.60. The molecule has 0 amide bonds. The molecule has 0 saturated carbocycles. The molecule has 0 atom stereocenters. The molecule has 84 valence electrons. The fraction of sp³-hybridized carbons (Fsp3) is 0.0769. The van der Waals surface area contributed by atoms with Crippen molar-refractivity contribution >= 4 is 26.8 Å². The van der Waals surface area contributed by atoms with Crippen molar-refractivity contribution in [3.8, 4) is 11.3 Å². The van der Waals surface area contributed by atoms with Crippen LogP contribution in [0.5, 0.6) is 0 Å². The molecule has 0 saturated heterocycles. The van der Waals surface area contributed by atoms with E-state index in [1.165, 1.54) is 0 Å². The Morgan fingerprint density at radius 1 is 1.12 bits per heavy atom. The Bertz CT molecular complexity index is 674. The van der Waals surface area contributed by atoms with E-state index in [-0.39, 0.29) is 0 Å². The number of aromatic nitrogens is 3. The van der Waals surface area contributed by atoms with Crippen LogP contribution in [-0.4, -0.2) is 14.8 Å². The van der Waals surface area contributed by atoms with Gasteiger partial charge in [0.05, 0.1) is 11.2 Å². The van der Waals surface area contributed by atoms with Crippen molar-refractivity contribution in [2.24, 2.45) is 7.05 Å². The normalized spacial score (nSPS) is 10.9. The first kappa shape index (κ1) is 10.5. The Labute approximate surface area is 107 Å². The minimum Gasteiger partial charge on any atom is -0.267 e. The minimum absolute atomic E-state index is 1.00. The average Bonchev–Trinajstić information content (AvgIpc) is 2.65. The molecule has 1 aromatic carbocycles. The van der Waals surface area contributed by atoms with Crippen molar-refractivity contribution in [1.82, 2.24) is 14.8 Å². The van der Waals surface area contributed by atoms with Gasteiger partial charge in [0.25, 0.3) is 0 Å². The summed E-state index contributed by atoms with van der Waals surface area (Å²) < 4.78 is 2.97. The van der Waals surface area contributed by atoms with Crippen molar-refractivity contribution in [3.63, 3.8) is 0 Å². The molecule has 0 N–H and O–H groups in total. The fourth-order valence-electron chi connectivity index (χ4n) is 2.02. The molecule has 2 heterocycles. The molecule has 0 aliphatic heterocycles. The van der Waals surface area contributed by atoms with Crippen LogP contribution in [0.4, 0.5) is 0 Å². The molecular weight excluding hydrogens is 278 g/mol. The molecule has 0 fully saturated rings. The van der Waals surface area contributed by atoms with Crippen LogP contribution < -0.4 is 0 Å². The van der Waals surface area contributed by atoms with E-state index in [0.29, 0.717) is 0 Å². The number of rotatable bonds is 1. The average molecular weight is 288 g/mol. The number of hydrogen-bond acceptors (Lipinski definition) is 2. The van der Waals surface area contributed by atoms with E-state index in [2.05, 4.69) is 32.1 Å². The summed E-state index contributed by atoms with van der Waals surface area (Å²) in [5, 5.41) is 5.65. The molecular formula is C13H10BrN3. The zero-order valence-electron chi connectivity index (χ0n) is 9.26. The smallest absolute Gasteiger partial charge is 0.0930 e. The third kappa shape index (κ3) is 1.74. The molecule has 2 aromatic heterocycles. The van der Waals surface area contributed by atoms with Crippen LogP contribution in [0.3, 0.4) is 0 Å². The Balaban J connectivity index is 2.35. The highest BCUT2D eigenvalue weighted by Gasteiger charge is 2.10. The lowest BCUT2D eigenvalue weighted by atomic mass is 10.1. The third-order valence-electron chi connectivity index (χ3n) is 2.75. The predicted octanol–water partition coefficient (Wildman–Crippen LogP) is 3.40. The number of hydrogen-bond donors (Lipinski definition) is 0. The van der Waals surface area contributed by atoms with Gasteiger partial charge < -0.3 is 0 Å². The summed E-state index contributed by atoms with van der Waals surface area (Å²) in [7, 11) is 1.96. The number of aryl methyl sites for hydroxylation is 1. The first-order chi connectivity index (χ1) is 8.25. The lowest BCUT2D eigenvalue weighted by Gasteiger charge is -2.02. The quantitative estimate of drug-likeness (QED) is 0.687. The number of fused-ring (bicyclic) bond motifs is 1. The van der Waals surface area contributed by atoms with Crippen LogP contribution in [0, 0.1) is 0 Å². The van der Waals surface area contributed by atoms with E-state index in [4.69, 9.17) is 0 Å². The molecule has 0 unspecified atom stereocenters. The zero-order chi connectivity index (χ0) is 11.8. The van der Waals surface area contributed by atoms with Gasteiger partial charge in [0.1, 0.15) is 0 Å². The second-order valence-electron chi connectivity index (χ2n) is 3.87. The Morgan fingerprint density at radius 3 is 2.65 bits per heavy atom. The molecule has 3 aromatic rings. The summed E-state index contributed by atoms with van der Waals surface area (Å²) in [6, 6.07) is 10.1. The second kappa shape index (κ2) is 3.96. The highest BCUT2D eigenvalue weighted by Crippen LogP contribution is 2.29. The van der Waals surface area contributed by atoms with Crippen LogP contribution in [-0.2, 0) is 7.05 Å². The van der Waals surface area contributed by atoms with Gasteiger partial charge in [-0.05, 0) is 30.3 Å². The van der Waals surface area contributed by atoms with E-state index in [1.807, 2.05) is 36.0 Å². The second-order valence-corrected chi connectivity index (χ2v) is 4.79. The van der Waals surface area contributed by atoms with Crippen molar-refractivity contribution in [2.75, 3.05) is 0 Å². The largest absolute Gasteiger partial charge is 0.267 e. The standard InChI is InChI=1S/C13H10BrN3/c1-17-13(9-4-6-15-7-5-9)11-8-10(14)2-3-12(11)16-17/h2-8H,1H3. The third-order valence-corrected chi connectivity index (χ3v) is 3.24. The number of nitrogens with zero attached hydrogens (tertiary/aromatic N) is 3. The first-order valence-electron chi connectivity index (χ1n) is 5.28. The molecule has 0 spiro atoms. The van der Waals surface area contributed by atoms with Gasteiger partial charge >= 0.3 is 0 Å². The maximum absolute atomic E-state index is 4.51. The summed E-state index contributed by atoms with van der Waals surface area (Å²) >= 11 is 3.50. The van der Waals surface area contributed by atoms with Gasteiger partial charge in [0.15, 0.2) is 0 Å². The molecule has 0 aliphatic rings. The summed E-state index contributed by atoms with van der Waals surface area (Å²) in [5.74, 6) is 0. The van der Waals surface area contributed by atoms with Gasteiger partial charge in [-0.2, -0.15) is 5.10 Å².